The molecule has 1 aromatic heterocycles. The molecular formula is C16H9Cl3F3NO2S. The van der Waals surface area contributed by atoms with E-state index in [1.54, 1.807) is 13.0 Å². The van der Waals surface area contributed by atoms with E-state index in [0.29, 0.717) is 21.6 Å². The molecule has 0 N–H and O–H groups in total. The third-order valence-corrected chi connectivity index (χ3v) is 6.39. The number of hydrogen-bond donors (Lipinski definition) is 0. The van der Waals surface area contributed by atoms with Crippen LogP contribution < -0.4 is 0 Å². The number of aryl methyl sites for hydroxylation is 1. The molecular weight excluding hydrogens is 434 g/mol. The first-order valence-corrected chi connectivity index (χ1v) is 9.07. The summed E-state index contributed by atoms with van der Waals surface area (Å²) < 4.78 is 41.8. The van der Waals surface area contributed by atoms with E-state index < -0.39 is 18.2 Å². The van der Waals surface area contributed by atoms with Gasteiger partial charge in [-0.15, -0.1) is 11.3 Å². The Kier molecular flexibility index (Phi) is 5.03. The van der Waals surface area contributed by atoms with Crippen molar-refractivity contribution in [1.29, 1.82) is 0 Å². The summed E-state index contributed by atoms with van der Waals surface area (Å²) in [7, 11) is 0. The van der Waals surface area contributed by atoms with Gasteiger partial charge in [0, 0.05) is 5.56 Å². The van der Waals surface area contributed by atoms with E-state index in [1.807, 2.05) is 0 Å². The van der Waals surface area contributed by atoms with E-state index in [2.05, 4.69) is 5.16 Å². The van der Waals surface area contributed by atoms with Crippen LogP contribution >= 0.6 is 46.1 Å². The zero-order valence-corrected chi connectivity index (χ0v) is 16.0. The number of rotatable bonds is 3. The SMILES string of the molecule is Cc1cc(C2=NOC(c3cc(Cl)c(Cl)c(Cl)c3)(C(F)(F)F)C2)sc1C=O. The van der Waals surface area contributed by atoms with Crippen molar-refractivity contribution in [2.45, 2.75) is 25.1 Å². The molecule has 0 fully saturated rings. The lowest BCUT2D eigenvalue weighted by Gasteiger charge is -2.29. The summed E-state index contributed by atoms with van der Waals surface area (Å²) in [4.78, 5) is 16.8. The maximum absolute atomic E-state index is 13.9. The molecule has 10 heteroatoms. The zero-order chi connectivity index (χ0) is 19.3. The first-order chi connectivity index (χ1) is 12.1. The fraction of sp³-hybridized carbons (Fsp3) is 0.250. The largest absolute Gasteiger partial charge is 0.435 e. The van der Waals surface area contributed by atoms with Gasteiger partial charge in [-0.25, -0.2) is 0 Å². The van der Waals surface area contributed by atoms with Crippen molar-refractivity contribution in [2.24, 2.45) is 5.16 Å². The second-order valence-corrected chi connectivity index (χ2v) is 7.94. The molecule has 1 aliphatic rings. The number of aldehydes is 1. The molecule has 0 bridgehead atoms. The lowest BCUT2D eigenvalue weighted by atomic mass is 9.88. The van der Waals surface area contributed by atoms with Crippen LogP contribution in [0, 0.1) is 6.92 Å². The van der Waals surface area contributed by atoms with Crippen LogP contribution in [0.2, 0.25) is 15.1 Å². The summed E-state index contributed by atoms with van der Waals surface area (Å²) in [6, 6.07) is 3.74. The summed E-state index contributed by atoms with van der Waals surface area (Å²) in [6.45, 7) is 1.69. The Bertz CT molecular complexity index is 903. The van der Waals surface area contributed by atoms with E-state index >= 15 is 0 Å². The van der Waals surface area contributed by atoms with Crippen molar-refractivity contribution in [3.63, 3.8) is 0 Å². The van der Waals surface area contributed by atoms with Crippen LogP contribution in [-0.4, -0.2) is 18.2 Å². The Morgan fingerprint density at radius 1 is 1.23 bits per heavy atom. The van der Waals surface area contributed by atoms with Crippen molar-refractivity contribution < 1.29 is 22.8 Å². The van der Waals surface area contributed by atoms with Crippen molar-refractivity contribution in [3.8, 4) is 0 Å². The Balaban J connectivity index is 2.06. The number of hydrogen-bond acceptors (Lipinski definition) is 4. The molecule has 0 aliphatic carbocycles. The lowest BCUT2D eigenvalue weighted by Crippen LogP contribution is -2.42. The summed E-state index contributed by atoms with van der Waals surface area (Å²) in [5, 5.41) is 3.36. The topological polar surface area (TPSA) is 38.7 Å². The molecule has 1 atom stereocenters. The maximum atomic E-state index is 13.9. The average molecular weight is 443 g/mol. The van der Waals surface area contributed by atoms with Crippen molar-refractivity contribution >= 4 is 58.1 Å². The predicted octanol–water partition coefficient (Wildman–Crippen LogP) is 6.41. The minimum absolute atomic E-state index is 0.0435. The van der Waals surface area contributed by atoms with Crippen molar-refractivity contribution in [2.75, 3.05) is 0 Å². The molecule has 0 spiro atoms. The molecule has 0 amide bonds. The molecule has 26 heavy (non-hydrogen) atoms. The number of alkyl halides is 3. The summed E-state index contributed by atoms with van der Waals surface area (Å²) in [6.07, 6.45) is -4.73. The highest BCUT2D eigenvalue weighted by Gasteiger charge is 2.62. The molecule has 1 aromatic carbocycles. The normalized spacial score (nSPS) is 20.0. The molecule has 3 rings (SSSR count). The van der Waals surface area contributed by atoms with E-state index in [9.17, 15) is 18.0 Å². The van der Waals surface area contributed by atoms with Gasteiger partial charge in [-0.2, -0.15) is 13.2 Å². The molecule has 0 saturated heterocycles. The number of carbonyl (C=O) groups excluding carboxylic acids is 1. The number of thiophene rings is 1. The summed E-state index contributed by atoms with van der Waals surface area (Å²) in [5.41, 5.74) is -2.29. The van der Waals surface area contributed by atoms with Gasteiger partial charge in [-0.05, 0) is 30.7 Å². The average Bonchev–Trinajstić information content (AvgIpc) is 3.16. The van der Waals surface area contributed by atoms with E-state index in [0.717, 1.165) is 23.5 Å². The Labute approximate surface area is 165 Å². The van der Waals surface area contributed by atoms with Gasteiger partial charge in [0.15, 0.2) is 6.29 Å². The second kappa shape index (κ2) is 6.71. The highest BCUT2D eigenvalue weighted by molar-refractivity contribution is 7.15. The zero-order valence-electron chi connectivity index (χ0n) is 13.0. The molecule has 138 valence electrons. The molecule has 2 aromatic rings. The lowest BCUT2D eigenvalue weighted by molar-refractivity contribution is -0.275. The molecule has 0 saturated carbocycles. The summed E-state index contributed by atoms with van der Waals surface area (Å²) in [5.74, 6) is 0. The fourth-order valence-corrected chi connectivity index (χ4v) is 4.14. The molecule has 2 heterocycles. The number of carbonyl (C=O) groups is 1. The highest BCUT2D eigenvalue weighted by atomic mass is 35.5. The van der Waals surface area contributed by atoms with Crippen LogP contribution in [-0.2, 0) is 10.4 Å². The maximum Gasteiger partial charge on any atom is 0.435 e. The summed E-state index contributed by atoms with van der Waals surface area (Å²) >= 11 is 18.7. The van der Waals surface area contributed by atoms with Gasteiger partial charge in [-0.1, -0.05) is 40.0 Å². The number of halogens is 6. The first kappa shape index (κ1) is 19.5. The Morgan fingerprint density at radius 2 is 1.85 bits per heavy atom. The van der Waals surface area contributed by atoms with Crippen LogP contribution in [0.15, 0.2) is 23.4 Å². The predicted molar refractivity (Wildman–Crippen MR) is 95.9 cm³/mol. The Morgan fingerprint density at radius 3 is 2.35 bits per heavy atom. The molecule has 1 aliphatic heterocycles. The smallest absolute Gasteiger partial charge is 0.374 e. The van der Waals surface area contributed by atoms with Gasteiger partial charge >= 0.3 is 6.18 Å². The van der Waals surface area contributed by atoms with E-state index in [-0.39, 0.29) is 26.3 Å². The highest BCUT2D eigenvalue weighted by Crippen LogP contribution is 2.51. The van der Waals surface area contributed by atoms with Gasteiger partial charge in [-0.3, -0.25) is 4.79 Å². The van der Waals surface area contributed by atoms with Crippen LogP contribution in [0.5, 0.6) is 0 Å². The molecule has 1 unspecified atom stereocenters. The van der Waals surface area contributed by atoms with Gasteiger partial charge < -0.3 is 4.84 Å². The van der Waals surface area contributed by atoms with Crippen molar-refractivity contribution in [1.82, 2.24) is 0 Å². The molecule has 3 nitrogen and oxygen atoms in total. The third-order valence-electron chi connectivity index (χ3n) is 3.98. The van der Waals surface area contributed by atoms with Gasteiger partial charge in [0.2, 0.25) is 0 Å². The van der Waals surface area contributed by atoms with Gasteiger partial charge in [0.05, 0.1) is 31.2 Å². The van der Waals surface area contributed by atoms with Crippen LogP contribution in [0.3, 0.4) is 0 Å². The quantitative estimate of drug-likeness (QED) is 0.407. The van der Waals surface area contributed by atoms with E-state index in [4.69, 9.17) is 39.6 Å². The van der Waals surface area contributed by atoms with Crippen LogP contribution in [0.1, 0.15) is 32.1 Å². The van der Waals surface area contributed by atoms with Crippen LogP contribution in [0.4, 0.5) is 13.2 Å². The van der Waals surface area contributed by atoms with Gasteiger partial charge in [0.1, 0.15) is 5.71 Å². The third kappa shape index (κ3) is 3.11. The second-order valence-electron chi connectivity index (χ2n) is 5.66. The monoisotopic (exact) mass is 441 g/mol. The number of benzene rings is 1. The minimum atomic E-state index is -4.79. The van der Waals surface area contributed by atoms with Crippen molar-refractivity contribution in [3.05, 3.63) is 54.1 Å². The number of oxime groups is 1. The minimum Gasteiger partial charge on any atom is -0.374 e. The first-order valence-electron chi connectivity index (χ1n) is 7.12. The van der Waals surface area contributed by atoms with Crippen LogP contribution in [0.25, 0.3) is 0 Å². The van der Waals surface area contributed by atoms with E-state index in [1.165, 1.54) is 0 Å². The fourth-order valence-electron chi connectivity index (χ4n) is 2.58. The standard InChI is InChI=1S/C16H9Cl3F3NO2S/c1-7-2-12(26-13(7)6-24)11-5-15(25-23-11,16(20,21)22)8-3-9(17)14(19)10(18)4-8/h2-4,6H,5H2,1H3. The van der Waals surface area contributed by atoms with Gasteiger partial charge in [0.25, 0.3) is 5.60 Å². The Hall–Kier alpha value is -1.28. The molecule has 0 radical (unpaired) electrons. The number of nitrogens with zero attached hydrogens (tertiary/aromatic N) is 1.